The number of hydrogen-bond acceptors (Lipinski definition) is 3. The monoisotopic (exact) mass is 476 g/mol. The first-order valence-electron chi connectivity index (χ1n) is 9.94. The predicted molar refractivity (Wildman–Crippen MR) is 125 cm³/mol. The molecule has 0 saturated heterocycles. The Labute approximate surface area is 186 Å². The first kappa shape index (κ1) is 23.5. The first-order chi connectivity index (χ1) is 14.0. The summed E-state index contributed by atoms with van der Waals surface area (Å²) >= 11 is 5.18. The lowest BCUT2D eigenvalue weighted by Gasteiger charge is -2.29. The van der Waals surface area contributed by atoms with Crippen molar-refractivity contribution in [1.82, 2.24) is 10.2 Å². The van der Waals surface area contributed by atoms with Crippen molar-refractivity contribution in [1.29, 1.82) is 0 Å². The molecule has 0 spiro atoms. The Morgan fingerprint density at radius 2 is 1.76 bits per heavy atom. The van der Waals surface area contributed by atoms with Crippen LogP contribution in [0.2, 0.25) is 0 Å². The Hall–Kier alpha value is -1.79. The number of nitrogens with one attached hydrogen (secondary N) is 1. The predicted octanol–water partition coefficient (Wildman–Crippen LogP) is 5.02. The molecule has 0 radical (unpaired) electrons. The number of hydrogen-bond donors (Lipinski definition) is 1. The van der Waals surface area contributed by atoms with Gasteiger partial charge < -0.3 is 10.2 Å². The zero-order valence-electron chi connectivity index (χ0n) is 17.1. The number of halogens is 1. The second kappa shape index (κ2) is 12.7. The maximum absolute atomic E-state index is 13.0. The normalized spacial score (nSPS) is 11.7. The van der Waals surface area contributed by atoms with E-state index in [2.05, 4.69) is 33.4 Å². The minimum absolute atomic E-state index is 0.00706. The highest BCUT2D eigenvalue weighted by Gasteiger charge is 2.25. The van der Waals surface area contributed by atoms with Gasteiger partial charge in [-0.3, -0.25) is 9.59 Å². The summed E-state index contributed by atoms with van der Waals surface area (Å²) in [7, 11) is 0. The van der Waals surface area contributed by atoms with Crippen molar-refractivity contribution in [3.63, 3.8) is 0 Å². The third-order valence-electron chi connectivity index (χ3n) is 4.55. The molecule has 2 rings (SSSR count). The van der Waals surface area contributed by atoms with Crippen LogP contribution in [0.1, 0.15) is 37.8 Å². The van der Waals surface area contributed by atoms with Gasteiger partial charge in [0.2, 0.25) is 11.8 Å². The summed E-state index contributed by atoms with van der Waals surface area (Å²) in [6.07, 6.45) is 1.29. The van der Waals surface area contributed by atoms with Crippen molar-refractivity contribution in [3.8, 4) is 0 Å². The molecular weight excluding hydrogens is 448 g/mol. The van der Waals surface area contributed by atoms with Crippen LogP contribution in [-0.4, -0.2) is 35.1 Å². The summed E-state index contributed by atoms with van der Waals surface area (Å²) in [6.45, 7) is 4.87. The van der Waals surface area contributed by atoms with E-state index in [1.165, 1.54) is 5.56 Å². The van der Waals surface area contributed by atoms with E-state index in [0.717, 1.165) is 28.0 Å². The number of amides is 2. The molecule has 0 aliphatic heterocycles. The topological polar surface area (TPSA) is 49.4 Å². The van der Waals surface area contributed by atoms with Crippen LogP contribution in [-0.2, 0) is 21.9 Å². The summed E-state index contributed by atoms with van der Waals surface area (Å²) in [5, 5.41) is 2.91. The van der Waals surface area contributed by atoms with Crippen LogP contribution in [0, 0.1) is 0 Å². The lowest BCUT2D eigenvalue weighted by atomic mass is 10.1. The van der Waals surface area contributed by atoms with E-state index in [9.17, 15) is 9.59 Å². The summed E-state index contributed by atoms with van der Waals surface area (Å²) < 4.78 is 0.991. The number of nitrogens with zero attached hydrogens (tertiary/aromatic N) is 1. The third kappa shape index (κ3) is 8.23. The van der Waals surface area contributed by atoms with Crippen LogP contribution < -0.4 is 5.32 Å². The van der Waals surface area contributed by atoms with E-state index in [0.29, 0.717) is 19.5 Å². The molecule has 6 heteroatoms. The molecule has 156 valence electrons. The molecule has 0 heterocycles. The summed E-state index contributed by atoms with van der Waals surface area (Å²) in [5.74, 6) is 1.52. The van der Waals surface area contributed by atoms with Gasteiger partial charge in [-0.1, -0.05) is 65.3 Å². The number of benzene rings is 2. The molecule has 0 saturated carbocycles. The smallest absolute Gasteiger partial charge is 0.242 e. The Morgan fingerprint density at radius 1 is 1.07 bits per heavy atom. The molecule has 0 bridgehead atoms. The maximum Gasteiger partial charge on any atom is 0.242 e. The lowest BCUT2D eigenvalue weighted by molar-refractivity contribution is -0.140. The first-order valence-corrected chi connectivity index (χ1v) is 11.9. The van der Waals surface area contributed by atoms with E-state index in [-0.39, 0.29) is 11.8 Å². The van der Waals surface area contributed by atoms with Crippen molar-refractivity contribution in [2.75, 3.05) is 12.3 Å². The van der Waals surface area contributed by atoms with Crippen molar-refractivity contribution >= 4 is 39.5 Å². The van der Waals surface area contributed by atoms with Gasteiger partial charge in [0, 0.05) is 35.5 Å². The van der Waals surface area contributed by atoms with Crippen LogP contribution in [0.4, 0.5) is 0 Å². The molecular formula is C23H29BrN2O2S. The van der Waals surface area contributed by atoms with E-state index in [1.54, 1.807) is 23.6 Å². The summed E-state index contributed by atoms with van der Waals surface area (Å²) in [4.78, 5) is 27.2. The number of carbonyl (C=O) groups is 2. The Balaban J connectivity index is 1.97. The quantitative estimate of drug-likeness (QED) is 0.463. The van der Waals surface area contributed by atoms with Crippen LogP contribution in [0.15, 0.2) is 59.1 Å². The maximum atomic E-state index is 13.0. The second-order valence-corrected chi connectivity index (χ2v) is 8.92. The van der Waals surface area contributed by atoms with E-state index in [4.69, 9.17) is 0 Å². The molecule has 4 nitrogen and oxygen atoms in total. The molecule has 1 unspecified atom stereocenters. The van der Waals surface area contributed by atoms with Crippen LogP contribution in [0.25, 0.3) is 0 Å². The fourth-order valence-electron chi connectivity index (χ4n) is 2.83. The van der Waals surface area contributed by atoms with Crippen molar-refractivity contribution in [2.45, 2.75) is 45.0 Å². The van der Waals surface area contributed by atoms with Gasteiger partial charge in [-0.05, 0) is 36.6 Å². The van der Waals surface area contributed by atoms with Crippen molar-refractivity contribution in [3.05, 3.63) is 70.2 Å². The Kier molecular flexibility index (Phi) is 10.3. The average Bonchev–Trinajstić information content (AvgIpc) is 2.74. The van der Waals surface area contributed by atoms with E-state index >= 15 is 0 Å². The lowest BCUT2D eigenvalue weighted by Crippen LogP contribution is -2.47. The highest BCUT2D eigenvalue weighted by atomic mass is 79.9. The van der Waals surface area contributed by atoms with Crippen LogP contribution in [0.3, 0.4) is 0 Å². The standard InChI is InChI=1S/C23H29BrN2O2S/c1-3-14-25-23(28)18(2)26(16-19-9-11-21(24)12-10-19)22(27)13-15-29-17-20-7-5-4-6-8-20/h4-12,18H,3,13-17H2,1-2H3,(H,25,28). The van der Waals surface area contributed by atoms with Gasteiger partial charge in [-0.15, -0.1) is 0 Å². The molecule has 2 amide bonds. The molecule has 29 heavy (non-hydrogen) atoms. The molecule has 0 aromatic heterocycles. The van der Waals surface area contributed by atoms with Crippen LogP contribution in [0.5, 0.6) is 0 Å². The summed E-state index contributed by atoms with van der Waals surface area (Å²) in [5.41, 5.74) is 2.26. The van der Waals surface area contributed by atoms with Crippen molar-refractivity contribution in [2.24, 2.45) is 0 Å². The van der Waals surface area contributed by atoms with Gasteiger partial charge in [-0.25, -0.2) is 0 Å². The van der Waals surface area contributed by atoms with Gasteiger partial charge in [0.15, 0.2) is 0 Å². The summed E-state index contributed by atoms with van der Waals surface area (Å²) in [6, 6.07) is 17.6. The minimum Gasteiger partial charge on any atom is -0.354 e. The third-order valence-corrected chi connectivity index (χ3v) is 6.11. The molecule has 1 N–H and O–H groups in total. The molecule has 1 atom stereocenters. The number of carbonyl (C=O) groups excluding carboxylic acids is 2. The molecule has 0 aliphatic rings. The van der Waals surface area contributed by atoms with Gasteiger partial charge in [0.1, 0.15) is 6.04 Å². The molecule has 0 fully saturated rings. The van der Waals surface area contributed by atoms with Gasteiger partial charge in [0.05, 0.1) is 0 Å². The van der Waals surface area contributed by atoms with Gasteiger partial charge >= 0.3 is 0 Å². The highest BCUT2D eigenvalue weighted by Crippen LogP contribution is 2.17. The van der Waals surface area contributed by atoms with E-state index < -0.39 is 6.04 Å². The Morgan fingerprint density at radius 3 is 2.41 bits per heavy atom. The van der Waals surface area contributed by atoms with Gasteiger partial charge in [-0.2, -0.15) is 11.8 Å². The van der Waals surface area contributed by atoms with Crippen molar-refractivity contribution < 1.29 is 9.59 Å². The highest BCUT2D eigenvalue weighted by molar-refractivity contribution is 9.10. The fraction of sp³-hybridized carbons (Fsp3) is 0.391. The molecule has 2 aromatic carbocycles. The minimum atomic E-state index is -0.503. The number of thioether (sulfide) groups is 1. The average molecular weight is 477 g/mol. The largest absolute Gasteiger partial charge is 0.354 e. The molecule has 0 aliphatic carbocycles. The van der Waals surface area contributed by atoms with Crippen LogP contribution >= 0.6 is 27.7 Å². The number of rotatable bonds is 11. The SMILES string of the molecule is CCCNC(=O)C(C)N(Cc1ccc(Br)cc1)C(=O)CCSCc1ccccc1. The zero-order valence-corrected chi connectivity index (χ0v) is 19.5. The fourth-order valence-corrected chi connectivity index (χ4v) is 3.99. The second-order valence-electron chi connectivity index (χ2n) is 6.90. The zero-order chi connectivity index (χ0) is 21.1. The Bertz CT molecular complexity index is 768. The van der Waals surface area contributed by atoms with E-state index in [1.807, 2.05) is 49.4 Å². The van der Waals surface area contributed by atoms with Gasteiger partial charge in [0.25, 0.3) is 0 Å². The molecule has 2 aromatic rings.